The van der Waals surface area contributed by atoms with Crippen LogP contribution in [0.1, 0.15) is 46.1 Å². The molecule has 2 atom stereocenters. The zero-order chi connectivity index (χ0) is 31.6. The third kappa shape index (κ3) is 8.90. The average Bonchev–Trinajstić information content (AvgIpc) is 3.01. The molecule has 0 aliphatic heterocycles. The van der Waals surface area contributed by atoms with Gasteiger partial charge in [-0.25, -0.2) is 8.42 Å². The Hall–Kier alpha value is -3.21. The second-order valence-electron chi connectivity index (χ2n) is 9.98. The molecule has 0 unspecified atom stereocenters. The molecule has 0 aliphatic rings. The number of benzene rings is 3. The molecule has 11 heteroatoms. The highest BCUT2D eigenvalue weighted by molar-refractivity contribution is 7.98. The van der Waals surface area contributed by atoms with Crippen molar-refractivity contribution in [2.24, 2.45) is 0 Å². The van der Waals surface area contributed by atoms with Gasteiger partial charge < -0.3 is 15.0 Å². The molecule has 0 saturated carbocycles. The Labute approximate surface area is 264 Å². The minimum Gasteiger partial charge on any atom is -0.492 e. The molecule has 0 spiro atoms. The number of anilines is 1. The van der Waals surface area contributed by atoms with Gasteiger partial charge in [0.2, 0.25) is 11.8 Å². The maximum absolute atomic E-state index is 14.3. The van der Waals surface area contributed by atoms with Gasteiger partial charge in [-0.05, 0) is 87.0 Å². The molecule has 0 saturated heterocycles. The van der Waals surface area contributed by atoms with Crippen LogP contribution in [-0.4, -0.2) is 56.6 Å². The minimum absolute atomic E-state index is 0.0372. The summed E-state index contributed by atoms with van der Waals surface area (Å²) >= 11 is 7.59. The fourth-order valence-electron chi connectivity index (χ4n) is 4.48. The van der Waals surface area contributed by atoms with Crippen LogP contribution in [0.2, 0.25) is 5.02 Å². The Balaban J connectivity index is 2.11. The number of para-hydroxylation sites is 2. The lowest BCUT2D eigenvalue weighted by molar-refractivity contribution is -0.140. The number of amides is 2. The standard InChI is InChI=1S/C32H40ClN3O5S2/c1-6-23(4)34-32(38)28(7-2)35(21-24-13-15-25(33)16-14-24)31(37)22-36(29-11-9-10-12-30(29)41-8-3)43(39,40)27-19-17-26(42-5)18-20-27/h9-20,23,28H,6-8,21-22H2,1-5H3,(H,34,38)/t23-,28-/m1/s1. The van der Waals surface area contributed by atoms with E-state index in [9.17, 15) is 18.0 Å². The Morgan fingerprint density at radius 2 is 1.60 bits per heavy atom. The highest BCUT2D eigenvalue weighted by atomic mass is 35.5. The van der Waals surface area contributed by atoms with E-state index in [1.807, 2.05) is 27.0 Å². The first-order chi connectivity index (χ1) is 20.5. The van der Waals surface area contributed by atoms with Gasteiger partial charge in [0.05, 0.1) is 17.2 Å². The lowest BCUT2D eigenvalue weighted by atomic mass is 10.1. The van der Waals surface area contributed by atoms with Crippen molar-refractivity contribution in [3.05, 3.63) is 83.4 Å². The number of halogens is 1. The van der Waals surface area contributed by atoms with Gasteiger partial charge >= 0.3 is 0 Å². The fourth-order valence-corrected chi connectivity index (χ4v) is 6.44. The first-order valence-corrected chi connectivity index (χ1v) is 17.3. The van der Waals surface area contributed by atoms with E-state index in [0.717, 1.165) is 21.2 Å². The third-order valence-corrected chi connectivity index (χ3v) is 9.78. The molecule has 8 nitrogen and oxygen atoms in total. The van der Waals surface area contributed by atoms with E-state index in [0.29, 0.717) is 23.8 Å². The number of rotatable bonds is 15. The highest BCUT2D eigenvalue weighted by Gasteiger charge is 2.35. The molecule has 43 heavy (non-hydrogen) atoms. The van der Waals surface area contributed by atoms with Crippen molar-refractivity contribution in [1.29, 1.82) is 0 Å². The van der Waals surface area contributed by atoms with Crippen LogP contribution in [0.15, 0.2) is 82.6 Å². The van der Waals surface area contributed by atoms with Crippen LogP contribution in [0.25, 0.3) is 0 Å². The summed E-state index contributed by atoms with van der Waals surface area (Å²) in [5.41, 5.74) is 0.986. The SMILES string of the molecule is CCOc1ccccc1N(CC(=O)N(Cc1ccc(Cl)cc1)[C@H](CC)C(=O)N[C@H](C)CC)S(=O)(=O)c1ccc(SC)cc1. The smallest absolute Gasteiger partial charge is 0.264 e. The molecule has 3 rings (SSSR count). The Morgan fingerprint density at radius 1 is 0.953 bits per heavy atom. The molecule has 232 valence electrons. The fraction of sp³-hybridized carbons (Fsp3) is 0.375. The van der Waals surface area contributed by atoms with Crippen LogP contribution in [0.5, 0.6) is 5.75 Å². The van der Waals surface area contributed by atoms with Crippen molar-refractivity contribution >= 4 is 50.9 Å². The molecular weight excluding hydrogens is 606 g/mol. The Bertz CT molecular complexity index is 1470. The summed E-state index contributed by atoms with van der Waals surface area (Å²) in [4.78, 5) is 30.1. The number of nitrogens with zero attached hydrogens (tertiary/aromatic N) is 2. The van der Waals surface area contributed by atoms with Gasteiger partial charge in [-0.1, -0.05) is 49.7 Å². The van der Waals surface area contributed by atoms with E-state index in [-0.39, 0.29) is 29.1 Å². The number of ether oxygens (including phenoxy) is 1. The predicted molar refractivity (Wildman–Crippen MR) is 174 cm³/mol. The van der Waals surface area contributed by atoms with E-state index < -0.39 is 28.5 Å². The number of carbonyl (C=O) groups is 2. The zero-order valence-corrected chi connectivity index (χ0v) is 27.6. The van der Waals surface area contributed by atoms with Crippen molar-refractivity contribution in [3.8, 4) is 5.75 Å². The lowest BCUT2D eigenvalue weighted by Gasteiger charge is -2.34. The van der Waals surface area contributed by atoms with Crippen molar-refractivity contribution in [3.63, 3.8) is 0 Å². The van der Waals surface area contributed by atoms with Crippen LogP contribution < -0.4 is 14.4 Å². The Kier molecular flexibility index (Phi) is 12.8. The van der Waals surface area contributed by atoms with E-state index in [2.05, 4.69) is 5.32 Å². The highest BCUT2D eigenvalue weighted by Crippen LogP contribution is 2.33. The molecule has 0 fully saturated rings. The maximum atomic E-state index is 14.3. The van der Waals surface area contributed by atoms with Gasteiger partial charge in [-0.15, -0.1) is 11.8 Å². The number of thioether (sulfide) groups is 1. The van der Waals surface area contributed by atoms with E-state index >= 15 is 0 Å². The molecule has 0 aliphatic carbocycles. The number of hydrogen-bond donors (Lipinski definition) is 1. The van der Waals surface area contributed by atoms with Crippen molar-refractivity contribution in [2.45, 2.75) is 69.0 Å². The van der Waals surface area contributed by atoms with Crippen LogP contribution in [0.3, 0.4) is 0 Å². The first-order valence-electron chi connectivity index (χ1n) is 14.3. The molecule has 0 heterocycles. The molecule has 1 N–H and O–H groups in total. The van der Waals surface area contributed by atoms with Gasteiger partial charge in [0.15, 0.2) is 0 Å². The van der Waals surface area contributed by atoms with Gasteiger partial charge in [0.1, 0.15) is 18.3 Å². The first kappa shape index (κ1) is 34.3. The number of hydrogen-bond acceptors (Lipinski definition) is 6. The second kappa shape index (κ2) is 16.0. The average molecular weight is 646 g/mol. The monoisotopic (exact) mass is 645 g/mol. The number of nitrogens with one attached hydrogen (secondary N) is 1. The van der Waals surface area contributed by atoms with Crippen molar-refractivity contribution < 1.29 is 22.7 Å². The molecule has 2 amide bonds. The third-order valence-electron chi connectivity index (χ3n) is 7.01. The van der Waals surface area contributed by atoms with Crippen LogP contribution in [0.4, 0.5) is 5.69 Å². The van der Waals surface area contributed by atoms with Crippen LogP contribution in [0, 0.1) is 0 Å². The van der Waals surface area contributed by atoms with Crippen LogP contribution in [-0.2, 0) is 26.2 Å². The zero-order valence-electron chi connectivity index (χ0n) is 25.2. The topological polar surface area (TPSA) is 96.0 Å². The van der Waals surface area contributed by atoms with Crippen molar-refractivity contribution in [1.82, 2.24) is 10.2 Å². The summed E-state index contributed by atoms with van der Waals surface area (Å²) in [7, 11) is -4.22. The normalized spacial score (nSPS) is 12.7. The lowest BCUT2D eigenvalue weighted by Crippen LogP contribution is -2.53. The summed E-state index contributed by atoms with van der Waals surface area (Å²) in [6, 6.07) is 19.3. The summed E-state index contributed by atoms with van der Waals surface area (Å²) < 4.78 is 35.3. The summed E-state index contributed by atoms with van der Waals surface area (Å²) in [6.07, 6.45) is 2.96. The maximum Gasteiger partial charge on any atom is 0.264 e. The molecule has 0 aromatic heterocycles. The largest absolute Gasteiger partial charge is 0.492 e. The summed E-state index contributed by atoms with van der Waals surface area (Å²) in [5, 5.41) is 3.52. The molecule has 3 aromatic rings. The van der Waals surface area contributed by atoms with E-state index in [1.54, 1.807) is 67.6 Å². The summed E-state index contributed by atoms with van der Waals surface area (Å²) in [6.45, 7) is 7.34. The molecular formula is C32H40ClN3O5S2. The van der Waals surface area contributed by atoms with Gasteiger partial charge in [0, 0.05) is 22.5 Å². The van der Waals surface area contributed by atoms with Gasteiger partial charge in [-0.3, -0.25) is 13.9 Å². The van der Waals surface area contributed by atoms with Gasteiger partial charge in [0.25, 0.3) is 10.0 Å². The molecule has 0 radical (unpaired) electrons. The second-order valence-corrected chi connectivity index (χ2v) is 13.2. The van der Waals surface area contributed by atoms with Gasteiger partial charge in [-0.2, -0.15) is 0 Å². The summed E-state index contributed by atoms with van der Waals surface area (Å²) in [5.74, 6) is -0.499. The quantitative estimate of drug-likeness (QED) is 0.193. The van der Waals surface area contributed by atoms with E-state index in [4.69, 9.17) is 16.3 Å². The van der Waals surface area contributed by atoms with Crippen molar-refractivity contribution in [2.75, 3.05) is 23.7 Å². The van der Waals surface area contributed by atoms with E-state index in [1.165, 1.54) is 28.8 Å². The Morgan fingerprint density at radius 3 is 2.19 bits per heavy atom. The molecule has 0 bridgehead atoms. The minimum atomic E-state index is -4.22. The number of carbonyl (C=O) groups excluding carboxylic acids is 2. The van der Waals surface area contributed by atoms with Crippen LogP contribution >= 0.6 is 23.4 Å². The predicted octanol–water partition coefficient (Wildman–Crippen LogP) is 6.38. The number of sulfonamides is 1. The molecule has 3 aromatic carbocycles.